The van der Waals surface area contributed by atoms with Gasteiger partial charge in [-0.15, -0.1) is 9.05 Å². The van der Waals surface area contributed by atoms with Crippen LogP contribution >= 0.6 is 8.25 Å². The minimum atomic E-state index is -3.11. The molecule has 2 N–H and O–H groups in total. The van der Waals surface area contributed by atoms with E-state index in [1.807, 2.05) is 0 Å². The molecule has 0 aliphatic heterocycles. The van der Waals surface area contributed by atoms with Gasteiger partial charge in [0.2, 0.25) is 0 Å². The fourth-order valence-corrected chi connectivity index (χ4v) is 0.438. The molecule has 0 aromatic carbocycles. The summed E-state index contributed by atoms with van der Waals surface area (Å²) in [4.78, 5) is 19.0. The van der Waals surface area contributed by atoms with Gasteiger partial charge in [-0.1, -0.05) is 0 Å². The van der Waals surface area contributed by atoms with Crippen LogP contribution in [0.2, 0.25) is 0 Å². The Balaban J connectivity index is -0.0000000270. The van der Waals surface area contributed by atoms with Gasteiger partial charge in [0.25, 0.3) is 0 Å². The number of rotatable bonds is 2. The van der Waals surface area contributed by atoms with E-state index in [2.05, 4.69) is 9.05 Å². The summed E-state index contributed by atoms with van der Waals surface area (Å²) in [6, 6.07) is 0. The Hall–Kier alpha value is 1.16. The molecule has 7 nitrogen and oxygen atoms in total. The molecule has 10 heteroatoms. The van der Waals surface area contributed by atoms with Gasteiger partial charge in [-0.3, -0.25) is 0 Å². The first-order chi connectivity index (χ1) is 4.52. The maximum absolute atomic E-state index is 10.0. The van der Waals surface area contributed by atoms with E-state index >= 15 is 0 Å². The number of carboxylic acid groups (broad SMARTS) is 2. The molecule has 0 saturated heterocycles. The zero-order valence-electron chi connectivity index (χ0n) is 9.80. The van der Waals surface area contributed by atoms with Gasteiger partial charge in [0, 0.05) is 4.57 Å². The van der Waals surface area contributed by atoms with Crippen LogP contribution in [0.1, 0.15) is 5.71 Å². The summed E-state index contributed by atoms with van der Waals surface area (Å²) < 4.78 is 16.8. The van der Waals surface area contributed by atoms with E-state index in [-0.39, 0.29) is 81.2 Å². The zero-order valence-corrected chi connectivity index (χ0v) is 11.1. The maximum atomic E-state index is 10.0. The van der Waals surface area contributed by atoms with Crippen LogP contribution in [-0.2, 0) is 13.6 Å². The molecule has 0 aliphatic rings. The smallest absolute Gasteiger partial charge is 1.00 e. The molecule has 0 radical (unpaired) electrons. The molecule has 0 aromatic rings. The first kappa shape index (κ1) is 18.9. The van der Waals surface area contributed by atoms with Gasteiger partial charge in [-0.2, -0.15) is 9.59 Å². The molecule has 0 spiro atoms. The van der Waals surface area contributed by atoms with Gasteiger partial charge in [-0.05, 0) is 0 Å². The SMILES string of the molecule is O=C(O)O[P+](=O)OC(=O)O.[Ca+2].[Ca+2].[H-].[H-].[H-].[H-]. The Morgan fingerprint density at radius 3 is 1.50 bits per heavy atom. The van der Waals surface area contributed by atoms with Crippen LogP contribution in [0.4, 0.5) is 9.59 Å². The molecule has 0 atom stereocenters. The van der Waals surface area contributed by atoms with E-state index in [0.717, 1.165) is 0 Å². The summed E-state index contributed by atoms with van der Waals surface area (Å²) in [7, 11) is -3.11. The predicted octanol–water partition coefficient (Wildman–Crippen LogP) is 0.721. The zero-order chi connectivity index (χ0) is 8.15. The van der Waals surface area contributed by atoms with Gasteiger partial charge in [0.15, 0.2) is 0 Å². The van der Waals surface area contributed by atoms with Crippen molar-refractivity contribution in [1.82, 2.24) is 0 Å². The summed E-state index contributed by atoms with van der Waals surface area (Å²) in [5.41, 5.74) is 0. The molecule has 0 saturated carbocycles. The molecule has 0 amide bonds. The summed E-state index contributed by atoms with van der Waals surface area (Å²) >= 11 is 0. The average Bonchev–Trinajstić information content (AvgIpc) is 1.58. The Morgan fingerprint density at radius 2 is 1.33 bits per heavy atom. The molecule has 0 rings (SSSR count). The Kier molecular flexibility index (Phi) is 16.1. The van der Waals surface area contributed by atoms with Crippen LogP contribution in [0, 0.1) is 0 Å². The molecule has 0 aliphatic carbocycles. The van der Waals surface area contributed by atoms with Crippen LogP contribution < -0.4 is 0 Å². The van der Waals surface area contributed by atoms with Crippen LogP contribution in [0.25, 0.3) is 0 Å². The molecule has 0 heterocycles. The van der Waals surface area contributed by atoms with E-state index in [4.69, 9.17) is 10.2 Å². The second kappa shape index (κ2) is 10.2. The minimum absolute atomic E-state index is 0. The third-order valence-corrected chi connectivity index (χ3v) is 0.916. The second-order valence-electron chi connectivity index (χ2n) is 0.938. The van der Waals surface area contributed by atoms with E-state index in [0.29, 0.717) is 0 Å². The first-order valence-electron chi connectivity index (χ1n) is 1.81. The predicted molar refractivity (Wildman–Crippen MR) is 41.8 cm³/mol. The van der Waals surface area contributed by atoms with Crippen molar-refractivity contribution in [2.24, 2.45) is 0 Å². The Morgan fingerprint density at radius 1 is 1.08 bits per heavy atom. The molecule has 0 bridgehead atoms. The van der Waals surface area contributed by atoms with Gasteiger partial charge in [0.05, 0.1) is 0 Å². The average molecular weight is 253 g/mol. The van der Waals surface area contributed by atoms with Crippen molar-refractivity contribution in [2.45, 2.75) is 0 Å². The van der Waals surface area contributed by atoms with Crippen LogP contribution in [0.5, 0.6) is 0 Å². The third kappa shape index (κ3) is 13.7. The van der Waals surface area contributed by atoms with Crippen molar-refractivity contribution < 1.29 is 39.1 Å². The van der Waals surface area contributed by atoms with Crippen molar-refractivity contribution >= 4 is 96.0 Å². The van der Waals surface area contributed by atoms with Crippen molar-refractivity contribution in [2.75, 3.05) is 0 Å². The fraction of sp³-hybridized carbons (Fsp3) is 0. The van der Waals surface area contributed by atoms with Gasteiger partial charge in [-0.25, -0.2) is 0 Å². The summed E-state index contributed by atoms with van der Waals surface area (Å²) in [5, 5.41) is 15.4. The van der Waals surface area contributed by atoms with Crippen molar-refractivity contribution in [1.29, 1.82) is 0 Å². The molecule has 0 fully saturated rings. The van der Waals surface area contributed by atoms with Crippen molar-refractivity contribution in [3.8, 4) is 0 Å². The Labute approximate surface area is 133 Å². The molecular formula is C2H6Ca2O7P+. The normalized spacial score (nSPS) is 6.67. The monoisotopic (exact) mass is 253 g/mol. The quantitative estimate of drug-likeness (QED) is 0.551. The van der Waals surface area contributed by atoms with E-state index in [1.54, 1.807) is 0 Å². The van der Waals surface area contributed by atoms with Crippen molar-refractivity contribution in [3.05, 3.63) is 0 Å². The van der Waals surface area contributed by atoms with Crippen LogP contribution in [-0.4, -0.2) is 98.0 Å². The van der Waals surface area contributed by atoms with E-state index in [9.17, 15) is 14.2 Å². The molecule has 64 valence electrons. The summed E-state index contributed by atoms with van der Waals surface area (Å²) in [6.07, 6.45) is -3.72. The second-order valence-corrected chi connectivity index (χ2v) is 1.75. The Bertz CT molecular complexity index is 175. The standard InChI is InChI=1S/C2HO7P.2Ca.4H/c3-1(4)8-10(7)9-2(5)6;;;;;;/h(H-,3,4,5,6);;;;;;/q;2*+2;4*-1/p+1. The number of hydrogen-bond donors (Lipinski definition) is 2. The van der Waals surface area contributed by atoms with Crippen molar-refractivity contribution in [3.63, 3.8) is 0 Å². The fourth-order valence-electron chi connectivity index (χ4n) is 0.146. The topological polar surface area (TPSA) is 110 Å². The van der Waals surface area contributed by atoms with Crippen LogP contribution in [0.3, 0.4) is 0 Å². The van der Waals surface area contributed by atoms with Gasteiger partial charge >= 0.3 is 96.0 Å². The van der Waals surface area contributed by atoms with Crippen LogP contribution in [0.15, 0.2) is 0 Å². The van der Waals surface area contributed by atoms with E-state index in [1.165, 1.54) is 0 Å². The molecular weight excluding hydrogens is 247 g/mol. The summed E-state index contributed by atoms with van der Waals surface area (Å²) in [6.45, 7) is 0. The number of carbonyl (C=O) groups is 2. The molecule has 12 heavy (non-hydrogen) atoms. The van der Waals surface area contributed by atoms with E-state index < -0.39 is 20.6 Å². The number of hydrogen-bond acceptors (Lipinski definition) is 5. The largest absolute Gasteiger partial charge is 2.00 e. The van der Waals surface area contributed by atoms with Gasteiger partial charge < -0.3 is 15.9 Å². The third-order valence-electron chi connectivity index (χ3n) is 0.305. The maximum Gasteiger partial charge on any atom is 2.00 e. The first-order valence-corrected chi connectivity index (χ1v) is 2.91. The molecule has 0 aromatic heterocycles. The molecule has 0 unspecified atom stereocenters. The summed E-state index contributed by atoms with van der Waals surface area (Å²) in [5.74, 6) is 0. The van der Waals surface area contributed by atoms with Gasteiger partial charge in [0.1, 0.15) is 0 Å². The minimum Gasteiger partial charge on any atom is -1.00 e.